The molecule has 1 aromatic rings. The Morgan fingerprint density at radius 3 is 2.09 bits per heavy atom. The van der Waals surface area contributed by atoms with Crippen molar-refractivity contribution in [1.29, 1.82) is 0 Å². The first-order valence-corrected chi connectivity index (χ1v) is 15.8. The summed E-state index contributed by atoms with van der Waals surface area (Å²) in [6.45, 7) is 3.72. The largest absolute Gasteiger partial charge is 0.508 e. The molecular formula is C31H45N7O9. The molecule has 6 amide bonds. The van der Waals surface area contributed by atoms with Gasteiger partial charge in [0.15, 0.2) is 0 Å². The van der Waals surface area contributed by atoms with E-state index in [2.05, 4.69) is 16.0 Å². The number of nitrogens with two attached hydrogens (primary N) is 2. The molecule has 2 aliphatic rings. The van der Waals surface area contributed by atoms with Crippen LogP contribution in [-0.2, 0) is 40.0 Å². The zero-order valence-corrected chi connectivity index (χ0v) is 26.6. The minimum atomic E-state index is -1.55. The van der Waals surface area contributed by atoms with E-state index >= 15 is 0 Å². The Hall–Kier alpha value is -4.73. The summed E-state index contributed by atoms with van der Waals surface area (Å²) in [4.78, 5) is 91.5. The van der Waals surface area contributed by atoms with Crippen molar-refractivity contribution >= 4 is 41.4 Å². The Labute approximate surface area is 272 Å². The summed E-state index contributed by atoms with van der Waals surface area (Å²) >= 11 is 0. The molecule has 3 rings (SSSR count). The topological polar surface area (TPSA) is 255 Å². The molecule has 0 unspecified atom stereocenters. The fourth-order valence-corrected chi connectivity index (χ4v) is 5.80. The second kappa shape index (κ2) is 16.7. The Kier molecular flexibility index (Phi) is 13.1. The number of rotatable bonds is 15. The Balaban J connectivity index is 1.62. The highest BCUT2D eigenvalue weighted by molar-refractivity contribution is 5.96. The molecule has 47 heavy (non-hydrogen) atoms. The van der Waals surface area contributed by atoms with Crippen LogP contribution < -0.4 is 27.4 Å². The number of carbonyl (C=O) groups is 7. The number of phenolic OH excluding ortho intramolecular Hbond substituents is 1. The van der Waals surface area contributed by atoms with Gasteiger partial charge in [0, 0.05) is 13.1 Å². The van der Waals surface area contributed by atoms with Crippen LogP contribution in [0.25, 0.3) is 0 Å². The zero-order chi connectivity index (χ0) is 34.8. The maximum Gasteiger partial charge on any atom is 0.326 e. The number of carboxylic acid groups (broad SMARTS) is 1. The molecule has 16 heteroatoms. The van der Waals surface area contributed by atoms with Crippen LogP contribution in [0.5, 0.6) is 5.75 Å². The van der Waals surface area contributed by atoms with Gasteiger partial charge >= 0.3 is 5.97 Å². The lowest BCUT2D eigenvalue weighted by molar-refractivity contribution is -0.146. The zero-order valence-electron chi connectivity index (χ0n) is 26.6. The van der Waals surface area contributed by atoms with Crippen molar-refractivity contribution in [2.45, 2.75) is 89.0 Å². The second-order valence-corrected chi connectivity index (χ2v) is 12.1. The average Bonchev–Trinajstić information content (AvgIpc) is 3.73. The van der Waals surface area contributed by atoms with Crippen molar-refractivity contribution < 1.29 is 43.8 Å². The van der Waals surface area contributed by atoms with Gasteiger partial charge in [0.05, 0.1) is 19.0 Å². The van der Waals surface area contributed by atoms with Gasteiger partial charge in [-0.2, -0.15) is 0 Å². The summed E-state index contributed by atoms with van der Waals surface area (Å²) in [6.07, 6.45) is 1.69. The van der Waals surface area contributed by atoms with Crippen LogP contribution in [0.4, 0.5) is 0 Å². The van der Waals surface area contributed by atoms with Gasteiger partial charge in [0.1, 0.15) is 29.9 Å². The molecule has 0 radical (unpaired) electrons. The number of carbonyl (C=O) groups excluding carboxylic acids is 6. The SMILES string of the molecule is CC[C@H](C)[C@H](NC(=O)[C@@H]1CCCN1C(=O)CNC(=O)[C@@H](N)Cc1ccc(O)cc1)C(=O)N1CCC[C@H]1C(=O)N[C@@H](CC(N)=O)C(=O)O. The number of benzene rings is 1. The maximum atomic E-state index is 13.8. The standard InChI is InChI=1S/C31H45N7O9/c1-3-17(2)26(30(45)38-13-5-7-23(38)28(43)35-21(31(46)47)15-24(33)40)36-29(44)22-6-4-12-37(22)25(41)16-34-27(42)20(32)14-18-8-10-19(39)11-9-18/h8-11,17,20-23,26,39H,3-7,12-16,32H2,1-2H3,(H2,33,40)(H,34,42)(H,35,43)(H,36,44)(H,46,47)/t17-,20-,21-,22-,23-,26-/m0/s1. The first kappa shape index (κ1) is 36.7. The Bertz CT molecular complexity index is 1340. The van der Waals surface area contributed by atoms with Crippen molar-refractivity contribution in [3.8, 4) is 5.75 Å². The van der Waals surface area contributed by atoms with E-state index in [1.807, 2.05) is 6.92 Å². The molecular weight excluding hydrogens is 614 g/mol. The van der Waals surface area contributed by atoms with Crippen molar-refractivity contribution in [3.63, 3.8) is 0 Å². The molecule has 6 atom stereocenters. The predicted molar refractivity (Wildman–Crippen MR) is 167 cm³/mol. The number of nitrogens with zero attached hydrogens (tertiary/aromatic N) is 2. The fourth-order valence-electron chi connectivity index (χ4n) is 5.80. The summed E-state index contributed by atoms with van der Waals surface area (Å²) in [5, 5.41) is 26.4. The van der Waals surface area contributed by atoms with Crippen LogP contribution >= 0.6 is 0 Å². The third-order valence-corrected chi connectivity index (χ3v) is 8.65. The van der Waals surface area contributed by atoms with E-state index in [9.17, 15) is 43.8 Å². The highest BCUT2D eigenvalue weighted by Crippen LogP contribution is 2.23. The van der Waals surface area contributed by atoms with Gasteiger partial charge in [-0.3, -0.25) is 28.8 Å². The van der Waals surface area contributed by atoms with E-state index in [1.165, 1.54) is 21.9 Å². The number of hydrogen-bond acceptors (Lipinski definition) is 9. The number of likely N-dealkylation sites (tertiary alicyclic amines) is 2. The third kappa shape index (κ3) is 9.88. The molecule has 0 spiro atoms. The van der Waals surface area contributed by atoms with Crippen LogP contribution in [0.2, 0.25) is 0 Å². The van der Waals surface area contributed by atoms with Gasteiger partial charge in [0.25, 0.3) is 0 Å². The number of primary amides is 1. The molecule has 2 aliphatic heterocycles. The van der Waals surface area contributed by atoms with Crippen LogP contribution in [0.3, 0.4) is 0 Å². The summed E-state index contributed by atoms with van der Waals surface area (Å²) in [7, 11) is 0. The molecule has 0 bridgehead atoms. The van der Waals surface area contributed by atoms with Gasteiger partial charge in [0.2, 0.25) is 35.4 Å². The van der Waals surface area contributed by atoms with Crippen molar-refractivity contribution in [2.24, 2.45) is 17.4 Å². The minimum Gasteiger partial charge on any atom is -0.508 e. The number of phenols is 1. The van der Waals surface area contributed by atoms with Gasteiger partial charge in [-0.25, -0.2) is 4.79 Å². The van der Waals surface area contributed by atoms with E-state index in [1.54, 1.807) is 19.1 Å². The second-order valence-electron chi connectivity index (χ2n) is 12.1. The lowest BCUT2D eigenvalue weighted by Gasteiger charge is -2.33. The molecule has 16 nitrogen and oxygen atoms in total. The number of nitrogens with one attached hydrogen (secondary N) is 3. The Morgan fingerprint density at radius 1 is 0.936 bits per heavy atom. The number of hydrogen-bond donors (Lipinski definition) is 7. The van der Waals surface area contributed by atoms with Gasteiger partial charge in [-0.15, -0.1) is 0 Å². The lowest BCUT2D eigenvalue weighted by atomic mass is 9.96. The van der Waals surface area contributed by atoms with Gasteiger partial charge in [-0.1, -0.05) is 32.4 Å². The van der Waals surface area contributed by atoms with E-state index < -0.39 is 78.0 Å². The van der Waals surface area contributed by atoms with Gasteiger partial charge in [-0.05, 0) is 55.7 Å². The Morgan fingerprint density at radius 2 is 1.51 bits per heavy atom. The molecule has 2 fully saturated rings. The molecule has 258 valence electrons. The first-order valence-electron chi connectivity index (χ1n) is 15.8. The highest BCUT2D eigenvalue weighted by atomic mass is 16.4. The van der Waals surface area contributed by atoms with Gasteiger partial charge < -0.3 is 47.4 Å². The quantitative estimate of drug-likeness (QED) is 0.113. The molecule has 9 N–H and O–H groups in total. The molecule has 2 heterocycles. The van der Waals surface area contributed by atoms with Crippen LogP contribution in [0.1, 0.15) is 57.9 Å². The monoisotopic (exact) mass is 659 g/mol. The molecule has 0 aromatic heterocycles. The number of aliphatic carboxylic acids is 1. The fraction of sp³-hybridized carbons (Fsp3) is 0.581. The summed E-state index contributed by atoms with van der Waals surface area (Å²) in [5.41, 5.74) is 11.8. The summed E-state index contributed by atoms with van der Waals surface area (Å²) < 4.78 is 0. The smallest absolute Gasteiger partial charge is 0.326 e. The summed E-state index contributed by atoms with van der Waals surface area (Å²) in [5.74, 6) is -5.46. The van der Waals surface area contributed by atoms with E-state index in [0.717, 1.165) is 5.56 Å². The van der Waals surface area contributed by atoms with Crippen molar-refractivity contribution in [1.82, 2.24) is 25.8 Å². The average molecular weight is 660 g/mol. The third-order valence-electron chi connectivity index (χ3n) is 8.65. The van der Waals surface area contributed by atoms with Crippen molar-refractivity contribution in [2.75, 3.05) is 19.6 Å². The molecule has 0 aliphatic carbocycles. The van der Waals surface area contributed by atoms with Crippen molar-refractivity contribution in [3.05, 3.63) is 29.8 Å². The number of aromatic hydroxyl groups is 1. The number of carboxylic acids is 1. The molecule has 1 aromatic carbocycles. The normalized spacial score (nSPS) is 20.1. The van der Waals surface area contributed by atoms with Crippen LogP contribution in [0.15, 0.2) is 24.3 Å². The van der Waals surface area contributed by atoms with Crippen LogP contribution in [-0.4, -0.2) is 111 Å². The highest BCUT2D eigenvalue weighted by Gasteiger charge is 2.42. The minimum absolute atomic E-state index is 0.0819. The first-order chi connectivity index (χ1) is 22.2. The van der Waals surface area contributed by atoms with Crippen LogP contribution in [0, 0.1) is 5.92 Å². The van der Waals surface area contributed by atoms with E-state index in [-0.39, 0.29) is 44.1 Å². The molecule has 0 saturated carbocycles. The summed E-state index contributed by atoms with van der Waals surface area (Å²) in [6, 6.07) is 0.825. The lowest BCUT2D eigenvalue weighted by Crippen LogP contribution is -2.59. The molecule has 2 saturated heterocycles. The van der Waals surface area contributed by atoms with E-state index in [0.29, 0.717) is 25.7 Å². The number of amides is 6. The van der Waals surface area contributed by atoms with E-state index in [4.69, 9.17) is 11.5 Å². The predicted octanol–water partition coefficient (Wildman–Crippen LogP) is -1.66. The maximum absolute atomic E-state index is 13.8.